The monoisotopic (exact) mass is 242 g/mol. The molecule has 1 rings (SSSR count). The molecule has 1 aliphatic rings. The molecule has 0 aromatic carbocycles. The van der Waals surface area contributed by atoms with Gasteiger partial charge in [-0.3, -0.25) is 4.79 Å². The predicted octanol–water partition coefficient (Wildman–Crippen LogP) is 1.12. The van der Waals surface area contributed by atoms with E-state index in [-0.39, 0.29) is 17.9 Å². The van der Waals surface area contributed by atoms with Gasteiger partial charge in [0.05, 0.1) is 19.1 Å². The Morgan fingerprint density at radius 1 is 1.41 bits per heavy atom. The number of nitrogens with one attached hydrogen (secondary N) is 1. The van der Waals surface area contributed by atoms with Gasteiger partial charge in [0.2, 0.25) is 5.91 Å². The highest BCUT2D eigenvalue weighted by atomic mass is 16.5. The maximum Gasteiger partial charge on any atom is 0.229 e. The Labute approximate surface area is 105 Å². The highest BCUT2D eigenvalue weighted by Crippen LogP contribution is 2.17. The fourth-order valence-corrected chi connectivity index (χ4v) is 2.31. The summed E-state index contributed by atoms with van der Waals surface area (Å²) in [5, 5.41) is 3.34. The van der Waals surface area contributed by atoms with Crippen LogP contribution in [0.25, 0.3) is 0 Å². The number of rotatable bonds is 6. The number of nitrogens with zero attached hydrogens (tertiary/aromatic N) is 1. The molecule has 2 unspecified atom stereocenters. The maximum atomic E-state index is 12.4. The first-order chi connectivity index (χ1) is 8.10. The lowest BCUT2D eigenvalue weighted by Gasteiger charge is -2.28. The molecular formula is C13H26N2O2. The van der Waals surface area contributed by atoms with E-state index >= 15 is 0 Å². The Morgan fingerprint density at radius 2 is 2.12 bits per heavy atom. The van der Waals surface area contributed by atoms with Gasteiger partial charge in [0.25, 0.3) is 0 Å². The lowest BCUT2D eigenvalue weighted by Crippen LogP contribution is -2.46. The van der Waals surface area contributed by atoms with E-state index in [0.717, 1.165) is 19.6 Å². The molecule has 0 aromatic heterocycles. The molecule has 1 saturated heterocycles. The minimum absolute atomic E-state index is 0.00588. The number of amides is 1. The summed E-state index contributed by atoms with van der Waals surface area (Å²) in [5.74, 6) is 0.747. The Balaban J connectivity index is 2.59. The van der Waals surface area contributed by atoms with Crippen LogP contribution in [0.2, 0.25) is 0 Å². The third-order valence-corrected chi connectivity index (χ3v) is 3.14. The zero-order chi connectivity index (χ0) is 12.8. The van der Waals surface area contributed by atoms with Crippen molar-refractivity contribution in [1.82, 2.24) is 10.2 Å². The van der Waals surface area contributed by atoms with E-state index in [9.17, 15) is 4.79 Å². The lowest BCUT2D eigenvalue weighted by atomic mass is 10.0. The zero-order valence-corrected chi connectivity index (χ0v) is 11.5. The molecule has 2 atom stereocenters. The van der Waals surface area contributed by atoms with Gasteiger partial charge >= 0.3 is 0 Å². The summed E-state index contributed by atoms with van der Waals surface area (Å²) in [6.45, 7) is 12.1. The predicted molar refractivity (Wildman–Crippen MR) is 68.9 cm³/mol. The molecule has 0 spiro atoms. The minimum atomic E-state index is -0.00588. The van der Waals surface area contributed by atoms with Gasteiger partial charge < -0.3 is 15.0 Å². The normalized spacial score (nSPS) is 24.3. The minimum Gasteiger partial charge on any atom is -0.379 e. The molecule has 1 heterocycles. The van der Waals surface area contributed by atoms with E-state index in [2.05, 4.69) is 26.1 Å². The van der Waals surface area contributed by atoms with Crippen LogP contribution in [-0.4, -0.2) is 49.7 Å². The first kappa shape index (κ1) is 14.5. The van der Waals surface area contributed by atoms with Crippen molar-refractivity contribution in [3.63, 3.8) is 0 Å². The summed E-state index contributed by atoms with van der Waals surface area (Å²) in [6.07, 6.45) is 0. The fourth-order valence-electron chi connectivity index (χ4n) is 2.31. The summed E-state index contributed by atoms with van der Waals surface area (Å²) in [7, 11) is 0. The molecular weight excluding hydrogens is 216 g/mol. The topological polar surface area (TPSA) is 41.6 Å². The molecule has 1 aliphatic heterocycles. The van der Waals surface area contributed by atoms with Gasteiger partial charge in [-0.2, -0.15) is 0 Å². The second kappa shape index (κ2) is 6.97. The van der Waals surface area contributed by atoms with Crippen LogP contribution in [-0.2, 0) is 9.53 Å². The first-order valence-electron chi connectivity index (χ1n) is 6.70. The standard InChI is InChI=1S/C13H26N2O2/c1-5-14-12-9-17-8-11(12)13(16)15(6-2)7-10(3)4/h10-12,14H,5-9H2,1-4H3. The van der Waals surface area contributed by atoms with Crippen LogP contribution in [0, 0.1) is 11.8 Å². The van der Waals surface area contributed by atoms with Gasteiger partial charge in [-0.1, -0.05) is 20.8 Å². The maximum absolute atomic E-state index is 12.4. The van der Waals surface area contributed by atoms with Gasteiger partial charge in [-0.15, -0.1) is 0 Å². The number of hydrogen-bond acceptors (Lipinski definition) is 3. The highest BCUT2D eigenvalue weighted by Gasteiger charge is 2.35. The lowest BCUT2D eigenvalue weighted by molar-refractivity contribution is -0.136. The number of carbonyl (C=O) groups excluding carboxylic acids is 1. The molecule has 0 aliphatic carbocycles. The van der Waals surface area contributed by atoms with Gasteiger partial charge in [0, 0.05) is 19.1 Å². The van der Waals surface area contributed by atoms with E-state index in [1.807, 2.05) is 11.8 Å². The molecule has 1 N–H and O–H groups in total. The third kappa shape index (κ3) is 3.96. The molecule has 1 amide bonds. The van der Waals surface area contributed by atoms with Crippen LogP contribution in [0.15, 0.2) is 0 Å². The molecule has 0 radical (unpaired) electrons. The van der Waals surface area contributed by atoms with Crippen molar-refractivity contribution < 1.29 is 9.53 Å². The van der Waals surface area contributed by atoms with Crippen molar-refractivity contribution >= 4 is 5.91 Å². The smallest absolute Gasteiger partial charge is 0.229 e. The van der Waals surface area contributed by atoms with E-state index < -0.39 is 0 Å². The van der Waals surface area contributed by atoms with Crippen molar-refractivity contribution in [2.75, 3.05) is 32.8 Å². The Morgan fingerprint density at radius 3 is 2.65 bits per heavy atom. The SMILES string of the molecule is CCNC1COCC1C(=O)N(CC)CC(C)C. The number of ether oxygens (including phenoxy) is 1. The molecule has 4 nitrogen and oxygen atoms in total. The van der Waals surface area contributed by atoms with Crippen LogP contribution in [0.3, 0.4) is 0 Å². The fraction of sp³-hybridized carbons (Fsp3) is 0.923. The summed E-state index contributed by atoms with van der Waals surface area (Å²) in [6, 6.07) is 0.189. The molecule has 0 saturated carbocycles. The average Bonchev–Trinajstić information content (AvgIpc) is 2.73. The molecule has 17 heavy (non-hydrogen) atoms. The summed E-state index contributed by atoms with van der Waals surface area (Å²) >= 11 is 0. The van der Waals surface area contributed by atoms with E-state index in [1.54, 1.807) is 0 Å². The van der Waals surface area contributed by atoms with Crippen LogP contribution in [0.1, 0.15) is 27.7 Å². The molecule has 0 bridgehead atoms. The zero-order valence-electron chi connectivity index (χ0n) is 11.5. The van der Waals surface area contributed by atoms with Crippen molar-refractivity contribution in [2.24, 2.45) is 11.8 Å². The molecule has 4 heteroatoms. The number of hydrogen-bond donors (Lipinski definition) is 1. The van der Waals surface area contributed by atoms with Gasteiger partial charge in [-0.25, -0.2) is 0 Å². The van der Waals surface area contributed by atoms with Crippen LogP contribution in [0.4, 0.5) is 0 Å². The highest BCUT2D eigenvalue weighted by molar-refractivity contribution is 5.80. The Hall–Kier alpha value is -0.610. The van der Waals surface area contributed by atoms with Gasteiger partial charge in [-0.05, 0) is 19.4 Å². The quantitative estimate of drug-likeness (QED) is 0.759. The summed E-state index contributed by atoms with van der Waals surface area (Å²) in [4.78, 5) is 14.4. The van der Waals surface area contributed by atoms with Crippen LogP contribution < -0.4 is 5.32 Å². The van der Waals surface area contributed by atoms with Crippen molar-refractivity contribution in [3.05, 3.63) is 0 Å². The average molecular weight is 242 g/mol. The molecule has 100 valence electrons. The number of likely N-dealkylation sites (N-methyl/N-ethyl adjacent to an activating group) is 1. The van der Waals surface area contributed by atoms with E-state index in [0.29, 0.717) is 19.1 Å². The Bertz CT molecular complexity index is 244. The van der Waals surface area contributed by atoms with Crippen molar-refractivity contribution in [1.29, 1.82) is 0 Å². The second-order valence-electron chi connectivity index (χ2n) is 5.08. The Kier molecular flexibility index (Phi) is 5.92. The second-order valence-corrected chi connectivity index (χ2v) is 5.08. The third-order valence-electron chi connectivity index (χ3n) is 3.14. The van der Waals surface area contributed by atoms with Crippen LogP contribution >= 0.6 is 0 Å². The van der Waals surface area contributed by atoms with E-state index in [4.69, 9.17) is 4.74 Å². The van der Waals surface area contributed by atoms with E-state index in [1.165, 1.54) is 0 Å². The van der Waals surface area contributed by atoms with Gasteiger partial charge in [0.15, 0.2) is 0 Å². The van der Waals surface area contributed by atoms with Crippen LogP contribution in [0.5, 0.6) is 0 Å². The van der Waals surface area contributed by atoms with Crippen molar-refractivity contribution in [3.8, 4) is 0 Å². The van der Waals surface area contributed by atoms with Gasteiger partial charge in [0.1, 0.15) is 0 Å². The first-order valence-corrected chi connectivity index (χ1v) is 6.70. The largest absolute Gasteiger partial charge is 0.379 e. The number of carbonyl (C=O) groups is 1. The van der Waals surface area contributed by atoms with Crippen molar-refractivity contribution in [2.45, 2.75) is 33.7 Å². The molecule has 1 fully saturated rings. The molecule has 0 aromatic rings. The summed E-state index contributed by atoms with van der Waals surface area (Å²) < 4.78 is 5.43. The summed E-state index contributed by atoms with van der Waals surface area (Å²) in [5.41, 5.74) is 0.